The molecule has 0 bridgehead atoms. The Hall–Kier alpha value is -1.09. The van der Waals surface area contributed by atoms with Crippen molar-refractivity contribution >= 4 is 33.4 Å². The van der Waals surface area contributed by atoms with Crippen LogP contribution in [-0.2, 0) is 9.84 Å². The van der Waals surface area contributed by atoms with Crippen LogP contribution in [0, 0.1) is 5.82 Å². The number of hydrogen-bond acceptors (Lipinski definition) is 7. The van der Waals surface area contributed by atoms with Gasteiger partial charge in [0.25, 0.3) is 0 Å². The quantitative estimate of drug-likeness (QED) is 0.871. The number of rotatable bonds is 5. The summed E-state index contributed by atoms with van der Waals surface area (Å²) in [5.74, 6) is 0.968. The number of nitrogens with one attached hydrogen (secondary N) is 1. The zero-order chi connectivity index (χ0) is 15.5. The number of hydrogen-bond donors (Lipinski definition) is 1. The molecule has 21 heavy (non-hydrogen) atoms. The summed E-state index contributed by atoms with van der Waals surface area (Å²) in [6.45, 7) is 4.55. The zero-order valence-electron chi connectivity index (χ0n) is 12.0. The van der Waals surface area contributed by atoms with Crippen LogP contribution in [-0.4, -0.2) is 54.1 Å². The molecule has 0 amide bonds. The highest BCUT2D eigenvalue weighted by Gasteiger charge is 2.35. The Morgan fingerprint density at radius 2 is 2.29 bits per heavy atom. The van der Waals surface area contributed by atoms with Gasteiger partial charge < -0.3 is 10.2 Å². The fourth-order valence-electron chi connectivity index (χ4n) is 2.12. The predicted octanol–water partition coefficient (Wildman–Crippen LogP) is 1.36. The minimum absolute atomic E-state index is 0.0293. The van der Waals surface area contributed by atoms with Gasteiger partial charge in [0, 0.05) is 30.3 Å². The third-order valence-corrected chi connectivity index (χ3v) is 6.52. The largest absolute Gasteiger partial charge is 0.354 e. The maximum Gasteiger partial charge on any atom is 0.224 e. The fourth-order valence-corrected chi connectivity index (χ4v) is 5.09. The Balaban J connectivity index is 2.39. The average molecular weight is 334 g/mol. The lowest BCUT2D eigenvalue weighted by molar-refractivity contribution is 0.569. The Labute approximate surface area is 128 Å². The predicted molar refractivity (Wildman–Crippen MR) is 84.1 cm³/mol. The smallest absolute Gasteiger partial charge is 0.224 e. The molecule has 1 aliphatic rings. The third kappa shape index (κ3) is 3.57. The standard InChI is InChI=1S/C12H19FN4O2S2/c1-3-14-12-15-7-9(13)11(16-12)17-5-6-20-8-10(17)21(18,19)4-2/h7,10H,3-6,8H2,1-2H3,(H,14,15,16). The van der Waals surface area contributed by atoms with Crippen LogP contribution in [0.1, 0.15) is 13.8 Å². The Morgan fingerprint density at radius 3 is 2.95 bits per heavy atom. The number of sulfone groups is 1. The van der Waals surface area contributed by atoms with Gasteiger partial charge in [-0.2, -0.15) is 16.7 Å². The van der Waals surface area contributed by atoms with Crippen LogP contribution in [0.5, 0.6) is 0 Å². The molecule has 1 aromatic rings. The van der Waals surface area contributed by atoms with Crippen molar-refractivity contribution < 1.29 is 12.8 Å². The van der Waals surface area contributed by atoms with Crippen molar-refractivity contribution in [3.63, 3.8) is 0 Å². The van der Waals surface area contributed by atoms with Crippen LogP contribution >= 0.6 is 11.8 Å². The third-order valence-electron chi connectivity index (χ3n) is 3.23. The van der Waals surface area contributed by atoms with E-state index in [1.54, 1.807) is 23.6 Å². The van der Waals surface area contributed by atoms with E-state index in [-0.39, 0.29) is 11.6 Å². The highest BCUT2D eigenvalue weighted by atomic mass is 32.2. The summed E-state index contributed by atoms with van der Waals surface area (Å²) >= 11 is 1.56. The maximum absolute atomic E-state index is 14.1. The molecule has 9 heteroatoms. The lowest BCUT2D eigenvalue weighted by atomic mass is 10.4. The van der Waals surface area contributed by atoms with Crippen molar-refractivity contribution in [1.82, 2.24) is 9.97 Å². The van der Waals surface area contributed by atoms with Gasteiger partial charge in [-0.15, -0.1) is 0 Å². The van der Waals surface area contributed by atoms with Crippen molar-refractivity contribution in [3.8, 4) is 0 Å². The molecule has 1 aromatic heterocycles. The molecule has 1 aliphatic heterocycles. The SMILES string of the molecule is CCNc1ncc(F)c(N2CCSCC2S(=O)(=O)CC)n1. The van der Waals surface area contributed by atoms with Gasteiger partial charge in [0.15, 0.2) is 21.5 Å². The summed E-state index contributed by atoms with van der Waals surface area (Å²) in [5.41, 5.74) is 0. The summed E-state index contributed by atoms with van der Waals surface area (Å²) in [5, 5.41) is 2.18. The normalized spacial score (nSPS) is 19.6. The lowest BCUT2D eigenvalue weighted by Gasteiger charge is -2.35. The molecular formula is C12H19FN4O2S2. The van der Waals surface area contributed by atoms with Crippen LogP contribution in [0.2, 0.25) is 0 Å². The van der Waals surface area contributed by atoms with E-state index in [2.05, 4.69) is 15.3 Å². The fraction of sp³-hybridized carbons (Fsp3) is 0.667. The van der Waals surface area contributed by atoms with Crippen molar-refractivity contribution in [2.75, 3.05) is 40.6 Å². The summed E-state index contributed by atoms with van der Waals surface area (Å²) in [6.07, 6.45) is 1.08. The van der Waals surface area contributed by atoms with Gasteiger partial charge in [0.1, 0.15) is 5.37 Å². The van der Waals surface area contributed by atoms with Crippen molar-refractivity contribution in [2.24, 2.45) is 0 Å². The van der Waals surface area contributed by atoms with E-state index in [9.17, 15) is 12.8 Å². The van der Waals surface area contributed by atoms with E-state index in [4.69, 9.17) is 0 Å². The number of nitrogens with zero attached hydrogens (tertiary/aromatic N) is 3. The van der Waals surface area contributed by atoms with Crippen LogP contribution in [0.25, 0.3) is 0 Å². The van der Waals surface area contributed by atoms with Crippen molar-refractivity contribution in [1.29, 1.82) is 0 Å². The first-order valence-electron chi connectivity index (χ1n) is 6.82. The van der Waals surface area contributed by atoms with Gasteiger partial charge in [-0.3, -0.25) is 0 Å². The Bertz CT molecular complexity index is 597. The van der Waals surface area contributed by atoms with E-state index < -0.39 is 21.0 Å². The molecule has 1 N–H and O–H groups in total. The van der Waals surface area contributed by atoms with Gasteiger partial charge in [-0.05, 0) is 6.92 Å². The van der Waals surface area contributed by atoms with Gasteiger partial charge in [0.2, 0.25) is 5.95 Å². The highest BCUT2D eigenvalue weighted by Crippen LogP contribution is 2.28. The number of thioether (sulfide) groups is 1. The molecular weight excluding hydrogens is 315 g/mol. The van der Waals surface area contributed by atoms with Gasteiger partial charge in [0.05, 0.1) is 6.20 Å². The second-order valence-electron chi connectivity index (χ2n) is 4.57. The summed E-state index contributed by atoms with van der Waals surface area (Å²) in [6, 6.07) is 0. The molecule has 0 saturated carbocycles. The topological polar surface area (TPSA) is 75.2 Å². The molecule has 118 valence electrons. The second kappa shape index (κ2) is 6.78. The number of anilines is 2. The van der Waals surface area contributed by atoms with Crippen molar-refractivity contribution in [3.05, 3.63) is 12.0 Å². The summed E-state index contributed by atoms with van der Waals surface area (Å²) in [7, 11) is -3.30. The van der Waals surface area contributed by atoms with Crippen molar-refractivity contribution in [2.45, 2.75) is 19.2 Å². The first-order valence-corrected chi connectivity index (χ1v) is 9.69. The van der Waals surface area contributed by atoms with E-state index in [0.29, 0.717) is 24.8 Å². The van der Waals surface area contributed by atoms with Crippen LogP contribution in [0.4, 0.5) is 16.2 Å². The maximum atomic E-state index is 14.1. The van der Waals surface area contributed by atoms with E-state index >= 15 is 0 Å². The Kier molecular flexibility index (Phi) is 5.26. The summed E-state index contributed by atoms with van der Waals surface area (Å²) in [4.78, 5) is 9.54. The molecule has 2 rings (SSSR count). The number of halogens is 1. The van der Waals surface area contributed by atoms with Gasteiger partial charge in [-0.25, -0.2) is 17.8 Å². The second-order valence-corrected chi connectivity index (χ2v) is 8.17. The lowest BCUT2D eigenvalue weighted by Crippen LogP contribution is -2.48. The van der Waals surface area contributed by atoms with Crippen LogP contribution in [0.15, 0.2) is 6.20 Å². The molecule has 0 radical (unpaired) electrons. The zero-order valence-corrected chi connectivity index (χ0v) is 13.7. The minimum atomic E-state index is -3.30. The molecule has 0 aliphatic carbocycles. The molecule has 0 spiro atoms. The summed E-state index contributed by atoms with van der Waals surface area (Å²) < 4.78 is 38.5. The van der Waals surface area contributed by atoms with E-state index in [1.165, 1.54) is 0 Å². The molecule has 6 nitrogen and oxygen atoms in total. The van der Waals surface area contributed by atoms with Crippen LogP contribution < -0.4 is 10.2 Å². The van der Waals surface area contributed by atoms with Gasteiger partial charge >= 0.3 is 0 Å². The monoisotopic (exact) mass is 334 g/mol. The average Bonchev–Trinajstić information content (AvgIpc) is 2.49. The number of aromatic nitrogens is 2. The molecule has 0 aromatic carbocycles. The van der Waals surface area contributed by atoms with Gasteiger partial charge in [-0.1, -0.05) is 6.92 Å². The first-order chi connectivity index (χ1) is 9.99. The molecule has 2 heterocycles. The molecule has 1 saturated heterocycles. The molecule has 1 fully saturated rings. The first kappa shape index (κ1) is 16.3. The van der Waals surface area contributed by atoms with Crippen LogP contribution in [0.3, 0.4) is 0 Å². The molecule has 1 unspecified atom stereocenters. The Morgan fingerprint density at radius 1 is 1.52 bits per heavy atom. The minimum Gasteiger partial charge on any atom is -0.354 e. The molecule has 1 atom stereocenters. The highest BCUT2D eigenvalue weighted by molar-refractivity contribution is 8.01. The van der Waals surface area contributed by atoms with E-state index in [0.717, 1.165) is 11.9 Å². The van der Waals surface area contributed by atoms with E-state index in [1.807, 2.05) is 6.92 Å².